The normalized spacial score (nSPS) is 14.3. The molecule has 9 heteroatoms. The zero-order chi connectivity index (χ0) is 23.6. The third-order valence-corrected chi connectivity index (χ3v) is 6.97. The molecular weight excluding hydrogens is 449 g/mol. The Balaban J connectivity index is 1.30. The van der Waals surface area contributed by atoms with Crippen LogP contribution in [0.1, 0.15) is 40.4 Å². The lowest BCUT2D eigenvalue weighted by molar-refractivity contribution is -0.137. The van der Waals surface area contributed by atoms with E-state index in [1.165, 1.54) is 23.3 Å². The predicted octanol–water partition coefficient (Wildman–Crippen LogP) is 5.24. The summed E-state index contributed by atoms with van der Waals surface area (Å²) >= 11 is 1.59. The molecule has 0 fully saturated rings. The molecule has 0 unspecified atom stereocenters. The van der Waals surface area contributed by atoms with E-state index in [1.807, 2.05) is 23.7 Å². The van der Waals surface area contributed by atoms with Crippen molar-refractivity contribution in [2.45, 2.75) is 37.6 Å². The summed E-state index contributed by atoms with van der Waals surface area (Å²) in [5, 5.41) is 9.11. The first-order valence-corrected chi connectivity index (χ1v) is 11.8. The molecule has 0 bridgehead atoms. The van der Waals surface area contributed by atoms with E-state index < -0.39 is 11.7 Å². The molecule has 0 aliphatic carbocycles. The molecule has 0 spiro atoms. The van der Waals surface area contributed by atoms with Crippen LogP contribution in [0.4, 0.5) is 13.2 Å². The van der Waals surface area contributed by atoms with Crippen molar-refractivity contribution >= 4 is 17.5 Å². The lowest BCUT2D eigenvalue weighted by atomic mass is 9.96. The van der Waals surface area contributed by atoms with Gasteiger partial charge in [-0.2, -0.15) is 13.2 Å². The van der Waals surface area contributed by atoms with Crippen LogP contribution in [0.25, 0.3) is 11.4 Å². The molecule has 5 nitrogen and oxygen atoms in total. The largest absolute Gasteiger partial charge is 0.416 e. The lowest BCUT2D eigenvalue weighted by Gasteiger charge is -2.29. The molecule has 174 valence electrons. The van der Waals surface area contributed by atoms with Crippen molar-refractivity contribution in [2.75, 3.05) is 18.8 Å². The summed E-state index contributed by atoms with van der Waals surface area (Å²) < 4.78 is 40.2. The summed E-state index contributed by atoms with van der Waals surface area (Å²) in [6.07, 6.45) is -2.40. The van der Waals surface area contributed by atoms with Crippen LogP contribution < -0.4 is 0 Å². The number of Topliss-reactive ketones (excluding diaryl/α,β-unsaturated/α-hetero) is 1. The van der Waals surface area contributed by atoms with Crippen molar-refractivity contribution in [1.82, 2.24) is 19.7 Å². The van der Waals surface area contributed by atoms with Gasteiger partial charge in [-0.05, 0) is 55.6 Å². The van der Waals surface area contributed by atoms with E-state index >= 15 is 0 Å². The third-order valence-electron chi connectivity index (χ3n) is 5.86. The summed E-state index contributed by atoms with van der Waals surface area (Å²) in [5.74, 6) is 1.49. The van der Waals surface area contributed by atoms with Crippen molar-refractivity contribution in [3.63, 3.8) is 0 Å². The second-order valence-corrected chi connectivity index (χ2v) is 9.27. The predicted molar refractivity (Wildman–Crippen MR) is 122 cm³/mol. The molecule has 0 amide bonds. The number of benzene rings is 2. The Hall–Kier alpha value is -2.65. The van der Waals surface area contributed by atoms with Gasteiger partial charge < -0.3 is 4.57 Å². The number of fused-ring (bicyclic) bond motifs is 1. The molecule has 2 heterocycles. The highest BCUT2D eigenvalue weighted by atomic mass is 32.2. The average Bonchev–Trinajstić information content (AvgIpc) is 3.15. The van der Waals surface area contributed by atoms with Gasteiger partial charge in [0.15, 0.2) is 16.8 Å². The smallest absolute Gasteiger partial charge is 0.305 e. The van der Waals surface area contributed by atoms with E-state index in [1.54, 1.807) is 18.7 Å². The Bertz CT molecular complexity index is 1140. The van der Waals surface area contributed by atoms with Gasteiger partial charge in [0.05, 0.1) is 5.56 Å². The maximum Gasteiger partial charge on any atom is 0.416 e. The first-order chi connectivity index (χ1) is 15.7. The molecule has 0 atom stereocenters. The van der Waals surface area contributed by atoms with E-state index in [0.29, 0.717) is 11.4 Å². The number of ketones is 1. The minimum absolute atomic E-state index is 0.0886. The van der Waals surface area contributed by atoms with Gasteiger partial charge in [-0.1, -0.05) is 36.0 Å². The zero-order valence-electron chi connectivity index (χ0n) is 18.5. The Labute approximate surface area is 195 Å². The van der Waals surface area contributed by atoms with Gasteiger partial charge in [0.25, 0.3) is 0 Å². The zero-order valence-corrected chi connectivity index (χ0v) is 19.3. The molecule has 0 saturated carbocycles. The number of alkyl halides is 3. The summed E-state index contributed by atoms with van der Waals surface area (Å²) in [5.41, 5.74) is 3.23. The summed E-state index contributed by atoms with van der Waals surface area (Å²) in [7, 11) is 1.82. The average molecular weight is 475 g/mol. The van der Waals surface area contributed by atoms with Crippen LogP contribution in [0.15, 0.2) is 47.6 Å². The summed E-state index contributed by atoms with van der Waals surface area (Å²) in [6.45, 7) is 4.39. The van der Waals surface area contributed by atoms with Crippen LogP contribution >= 0.6 is 11.8 Å². The SMILES string of the molecule is CC(=O)c1ccc2c(c1)CN(CCCSc1nnc(-c3ccc(C(F)(F)F)cc3)n1C)CC2. The number of aromatic nitrogens is 3. The van der Waals surface area contributed by atoms with E-state index in [0.717, 1.165) is 61.1 Å². The van der Waals surface area contributed by atoms with Crippen LogP contribution in [-0.2, 0) is 26.2 Å². The second-order valence-electron chi connectivity index (χ2n) is 8.21. The molecule has 1 aliphatic heterocycles. The number of carbonyl (C=O) groups excluding carboxylic acids is 1. The maximum atomic E-state index is 12.8. The Morgan fingerprint density at radius 1 is 1.09 bits per heavy atom. The fraction of sp³-hybridized carbons (Fsp3) is 0.375. The van der Waals surface area contributed by atoms with E-state index in [4.69, 9.17) is 0 Å². The Kier molecular flexibility index (Phi) is 6.90. The van der Waals surface area contributed by atoms with Gasteiger partial charge in [-0.3, -0.25) is 9.69 Å². The lowest BCUT2D eigenvalue weighted by Crippen LogP contribution is -2.31. The number of hydrogen-bond acceptors (Lipinski definition) is 5. The maximum absolute atomic E-state index is 12.8. The summed E-state index contributed by atoms with van der Waals surface area (Å²) in [6, 6.07) is 11.0. The third kappa shape index (κ3) is 5.47. The Morgan fingerprint density at radius 3 is 2.55 bits per heavy atom. The first kappa shape index (κ1) is 23.5. The topological polar surface area (TPSA) is 51.0 Å². The Morgan fingerprint density at radius 2 is 1.85 bits per heavy atom. The highest BCUT2D eigenvalue weighted by Crippen LogP contribution is 2.31. The molecule has 4 rings (SSSR count). The molecule has 1 aromatic heterocycles. The van der Waals surface area contributed by atoms with Gasteiger partial charge in [0.2, 0.25) is 0 Å². The molecule has 3 aromatic rings. The summed E-state index contributed by atoms with van der Waals surface area (Å²) in [4.78, 5) is 14.1. The molecule has 0 saturated heterocycles. The molecule has 33 heavy (non-hydrogen) atoms. The molecule has 2 aromatic carbocycles. The van der Waals surface area contributed by atoms with Gasteiger partial charge in [0.1, 0.15) is 0 Å². The molecular formula is C24H25F3N4OS. The van der Waals surface area contributed by atoms with Crippen molar-refractivity contribution in [1.29, 1.82) is 0 Å². The van der Waals surface area contributed by atoms with E-state index in [2.05, 4.69) is 21.2 Å². The minimum atomic E-state index is -4.36. The number of halogens is 3. The molecule has 0 N–H and O–H groups in total. The van der Waals surface area contributed by atoms with Gasteiger partial charge in [0, 0.05) is 37.0 Å². The van der Waals surface area contributed by atoms with Gasteiger partial charge in [-0.15, -0.1) is 10.2 Å². The van der Waals surface area contributed by atoms with Crippen LogP contribution in [0.5, 0.6) is 0 Å². The van der Waals surface area contributed by atoms with E-state index in [9.17, 15) is 18.0 Å². The van der Waals surface area contributed by atoms with Gasteiger partial charge >= 0.3 is 6.18 Å². The number of carbonyl (C=O) groups is 1. The van der Waals surface area contributed by atoms with Crippen LogP contribution in [0.2, 0.25) is 0 Å². The van der Waals surface area contributed by atoms with Crippen molar-refractivity contribution in [3.05, 3.63) is 64.7 Å². The standard InChI is InChI=1S/C24H25F3N4OS/c1-16(32)19-5-4-17-10-12-31(15-20(17)14-19)11-3-13-33-23-29-28-22(30(23)2)18-6-8-21(9-7-18)24(25,26)27/h4-9,14H,3,10-13,15H2,1-2H3. The van der Waals surface area contributed by atoms with Crippen molar-refractivity contribution in [3.8, 4) is 11.4 Å². The highest BCUT2D eigenvalue weighted by Gasteiger charge is 2.30. The van der Waals surface area contributed by atoms with Crippen LogP contribution in [0, 0.1) is 0 Å². The molecule has 0 radical (unpaired) electrons. The number of nitrogens with zero attached hydrogens (tertiary/aromatic N) is 4. The number of hydrogen-bond donors (Lipinski definition) is 0. The fourth-order valence-electron chi connectivity index (χ4n) is 3.98. The monoisotopic (exact) mass is 474 g/mol. The minimum Gasteiger partial charge on any atom is -0.305 e. The molecule has 1 aliphatic rings. The quantitative estimate of drug-likeness (QED) is 0.266. The first-order valence-electron chi connectivity index (χ1n) is 10.8. The van der Waals surface area contributed by atoms with Crippen LogP contribution in [0.3, 0.4) is 0 Å². The number of rotatable bonds is 7. The van der Waals surface area contributed by atoms with Gasteiger partial charge in [-0.25, -0.2) is 0 Å². The van der Waals surface area contributed by atoms with E-state index in [-0.39, 0.29) is 5.78 Å². The van der Waals surface area contributed by atoms with Crippen molar-refractivity contribution < 1.29 is 18.0 Å². The fourth-order valence-corrected chi connectivity index (χ4v) is 4.81. The number of thioether (sulfide) groups is 1. The van der Waals surface area contributed by atoms with Crippen LogP contribution in [-0.4, -0.2) is 44.3 Å². The highest BCUT2D eigenvalue weighted by molar-refractivity contribution is 7.99. The van der Waals surface area contributed by atoms with Crippen molar-refractivity contribution in [2.24, 2.45) is 7.05 Å². The second kappa shape index (κ2) is 9.69.